The zero-order chi connectivity index (χ0) is 32.8. The molecule has 1 aromatic carbocycles. The van der Waals surface area contributed by atoms with Gasteiger partial charge < -0.3 is 24.4 Å². The molecule has 5 heteroatoms. The minimum Gasteiger partial charge on any atom is -0.504 e. The lowest BCUT2D eigenvalue weighted by atomic mass is 10.0. The molecule has 0 aliphatic rings. The van der Waals surface area contributed by atoms with E-state index >= 15 is 0 Å². The van der Waals surface area contributed by atoms with Crippen molar-refractivity contribution in [1.29, 1.82) is 0 Å². The van der Waals surface area contributed by atoms with E-state index < -0.39 is 0 Å². The van der Waals surface area contributed by atoms with Crippen LogP contribution in [0.4, 0.5) is 0 Å². The molecule has 0 spiro atoms. The monoisotopic (exact) mass is 635 g/mol. The maximum absolute atomic E-state index is 11.3. The molecule has 0 unspecified atom stereocenters. The Morgan fingerprint density at radius 1 is 0.333 bits per heavy atom. The maximum Gasteiger partial charge on any atom is 0.211 e. The van der Waals surface area contributed by atoms with Gasteiger partial charge in [-0.1, -0.05) is 169 Å². The van der Waals surface area contributed by atoms with Crippen molar-refractivity contribution in [3.8, 4) is 28.7 Å². The first-order chi connectivity index (χ1) is 22.1. The number of phenols is 2. The highest BCUT2D eigenvalue weighted by atomic mass is 16.5. The molecular weight excluding hydrogens is 560 g/mol. The molecule has 0 heterocycles. The Morgan fingerprint density at radius 2 is 0.644 bits per heavy atom. The summed E-state index contributed by atoms with van der Waals surface area (Å²) < 4.78 is 19.1. The molecule has 0 aliphatic heterocycles. The molecule has 0 bridgehead atoms. The molecule has 1 rings (SSSR count). The summed E-state index contributed by atoms with van der Waals surface area (Å²) in [7, 11) is 0. The topological polar surface area (TPSA) is 68.2 Å². The summed E-state index contributed by atoms with van der Waals surface area (Å²) in [6, 6.07) is 0. The van der Waals surface area contributed by atoms with Crippen molar-refractivity contribution in [3.63, 3.8) is 0 Å². The summed E-state index contributed by atoms with van der Waals surface area (Å²) in [5, 5.41) is 22.6. The van der Waals surface area contributed by atoms with E-state index in [0.29, 0.717) is 43.3 Å². The Morgan fingerprint density at radius 3 is 1.04 bits per heavy atom. The minimum atomic E-state index is -0.194. The second kappa shape index (κ2) is 29.6. The van der Waals surface area contributed by atoms with Gasteiger partial charge in [0.1, 0.15) is 0 Å². The molecule has 0 aliphatic carbocycles. The van der Waals surface area contributed by atoms with Crippen molar-refractivity contribution >= 4 is 0 Å². The molecule has 0 amide bonds. The van der Waals surface area contributed by atoms with E-state index in [-0.39, 0.29) is 17.2 Å². The van der Waals surface area contributed by atoms with Gasteiger partial charge in [0.05, 0.1) is 19.8 Å². The fourth-order valence-corrected chi connectivity index (χ4v) is 5.96. The number of benzene rings is 1. The standard InChI is InChI=1S/C40H74O5/c1-5-9-13-17-21-22-23-27-31-35-36(41)37(42)39(44-33-29-25-19-15-11-7-3)40(45-34-30-26-20-16-12-8-4)38(35)43-32-28-24-18-14-10-6-2/h41-42H,5-34H2,1-4H3. The minimum absolute atomic E-state index is 0.0965. The molecular formula is C40H74O5. The number of aromatic hydroxyl groups is 2. The van der Waals surface area contributed by atoms with Crippen molar-refractivity contribution in [2.45, 2.75) is 201 Å². The van der Waals surface area contributed by atoms with Gasteiger partial charge in [0, 0.05) is 5.56 Å². The SMILES string of the molecule is CCCCCCCCCCc1c(O)c(O)c(OCCCCCCCC)c(OCCCCCCCC)c1OCCCCCCCC. The molecule has 0 saturated carbocycles. The second-order valence-corrected chi connectivity index (χ2v) is 13.2. The third kappa shape index (κ3) is 19.5. The lowest BCUT2D eigenvalue weighted by Gasteiger charge is -2.22. The highest BCUT2D eigenvalue weighted by Crippen LogP contribution is 2.53. The van der Waals surface area contributed by atoms with Crippen molar-refractivity contribution in [3.05, 3.63) is 5.56 Å². The van der Waals surface area contributed by atoms with Gasteiger partial charge in [-0.2, -0.15) is 0 Å². The molecule has 0 radical (unpaired) electrons. The number of rotatable bonds is 33. The summed E-state index contributed by atoms with van der Waals surface area (Å²) in [6.07, 6.45) is 31.5. The third-order valence-electron chi connectivity index (χ3n) is 8.92. The maximum atomic E-state index is 11.3. The Kier molecular flexibility index (Phi) is 27.1. The van der Waals surface area contributed by atoms with Gasteiger partial charge in [0.2, 0.25) is 17.2 Å². The van der Waals surface area contributed by atoms with Crippen LogP contribution in [0.3, 0.4) is 0 Å². The van der Waals surface area contributed by atoms with Crippen LogP contribution in [0.15, 0.2) is 0 Å². The van der Waals surface area contributed by atoms with Crippen molar-refractivity contribution in [2.24, 2.45) is 0 Å². The van der Waals surface area contributed by atoms with Crippen LogP contribution in [-0.4, -0.2) is 30.0 Å². The lowest BCUT2D eigenvalue weighted by Crippen LogP contribution is -2.09. The van der Waals surface area contributed by atoms with Gasteiger partial charge in [-0.05, 0) is 32.1 Å². The quantitative estimate of drug-likeness (QED) is 0.0595. The van der Waals surface area contributed by atoms with Gasteiger partial charge in [0.15, 0.2) is 11.5 Å². The first kappa shape index (κ1) is 41.2. The molecule has 0 saturated heterocycles. The predicted molar refractivity (Wildman–Crippen MR) is 193 cm³/mol. The van der Waals surface area contributed by atoms with Crippen LogP contribution in [0.1, 0.15) is 200 Å². The summed E-state index contributed by atoms with van der Waals surface area (Å²) in [5.41, 5.74) is 0.675. The van der Waals surface area contributed by atoms with Gasteiger partial charge in [-0.3, -0.25) is 0 Å². The number of hydrogen-bond acceptors (Lipinski definition) is 5. The van der Waals surface area contributed by atoms with Crippen LogP contribution in [0, 0.1) is 0 Å². The highest BCUT2D eigenvalue weighted by molar-refractivity contribution is 5.69. The largest absolute Gasteiger partial charge is 0.504 e. The van der Waals surface area contributed by atoms with Crippen molar-refractivity contribution < 1.29 is 24.4 Å². The molecule has 1 aromatic rings. The molecule has 5 nitrogen and oxygen atoms in total. The van der Waals surface area contributed by atoms with E-state index in [1.165, 1.54) is 116 Å². The molecule has 264 valence electrons. The third-order valence-corrected chi connectivity index (χ3v) is 8.92. The van der Waals surface area contributed by atoms with Crippen molar-refractivity contribution in [2.75, 3.05) is 19.8 Å². The second-order valence-electron chi connectivity index (χ2n) is 13.2. The lowest BCUT2D eigenvalue weighted by molar-refractivity contribution is 0.222. The molecule has 0 fully saturated rings. The van der Waals surface area contributed by atoms with Crippen LogP contribution < -0.4 is 14.2 Å². The predicted octanol–water partition coefficient (Wildman–Crippen LogP) is 13.0. The highest BCUT2D eigenvalue weighted by Gasteiger charge is 2.27. The average molecular weight is 635 g/mol. The first-order valence-corrected chi connectivity index (χ1v) is 19.6. The summed E-state index contributed by atoms with van der Waals surface area (Å²) in [5.74, 6) is 1.04. The van der Waals surface area contributed by atoms with Crippen LogP contribution >= 0.6 is 0 Å². The average Bonchev–Trinajstić information content (AvgIpc) is 3.04. The summed E-state index contributed by atoms with van der Waals surface area (Å²) in [6.45, 7) is 10.6. The van der Waals surface area contributed by atoms with Gasteiger partial charge >= 0.3 is 0 Å². The molecule has 0 atom stereocenters. The van der Waals surface area contributed by atoms with E-state index in [0.717, 1.165) is 51.4 Å². The number of phenolic OH excluding ortho intramolecular Hbond substituents is 2. The number of unbranched alkanes of at least 4 members (excludes halogenated alkanes) is 22. The van der Waals surface area contributed by atoms with Crippen LogP contribution in [0.25, 0.3) is 0 Å². The zero-order valence-corrected chi connectivity index (χ0v) is 30.3. The van der Waals surface area contributed by atoms with E-state index in [1.54, 1.807) is 0 Å². The van der Waals surface area contributed by atoms with Gasteiger partial charge in [0.25, 0.3) is 0 Å². The van der Waals surface area contributed by atoms with E-state index in [1.807, 2.05) is 0 Å². The number of hydrogen-bond donors (Lipinski definition) is 2. The van der Waals surface area contributed by atoms with E-state index in [2.05, 4.69) is 27.7 Å². The Labute approximate surface area is 279 Å². The zero-order valence-electron chi connectivity index (χ0n) is 30.3. The van der Waals surface area contributed by atoms with Crippen LogP contribution in [0.2, 0.25) is 0 Å². The Balaban J connectivity index is 3.08. The van der Waals surface area contributed by atoms with Crippen LogP contribution in [-0.2, 0) is 6.42 Å². The fraction of sp³-hybridized carbons (Fsp3) is 0.850. The van der Waals surface area contributed by atoms with E-state index in [4.69, 9.17) is 14.2 Å². The van der Waals surface area contributed by atoms with Gasteiger partial charge in [-0.25, -0.2) is 0 Å². The smallest absolute Gasteiger partial charge is 0.211 e. The molecule has 2 N–H and O–H groups in total. The van der Waals surface area contributed by atoms with Gasteiger partial charge in [-0.15, -0.1) is 0 Å². The fourth-order valence-electron chi connectivity index (χ4n) is 5.96. The number of ether oxygens (including phenoxy) is 3. The van der Waals surface area contributed by atoms with Crippen LogP contribution in [0.5, 0.6) is 28.7 Å². The summed E-state index contributed by atoms with van der Waals surface area (Å²) >= 11 is 0. The normalized spacial score (nSPS) is 11.3. The Hall–Kier alpha value is -1.78. The molecule has 0 aromatic heterocycles. The first-order valence-electron chi connectivity index (χ1n) is 19.6. The van der Waals surface area contributed by atoms with E-state index in [9.17, 15) is 10.2 Å². The summed E-state index contributed by atoms with van der Waals surface area (Å²) in [4.78, 5) is 0. The Bertz CT molecular complexity index is 809. The molecule has 45 heavy (non-hydrogen) atoms. The van der Waals surface area contributed by atoms with Crippen molar-refractivity contribution in [1.82, 2.24) is 0 Å².